The first-order valence-electron chi connectivity index (χ1n) is 9.60. The third kappa shape index (κ3) is 4.82. The molecule has 0 saturated carbocycles. The maximum atomic E-state index is 9.51. The van der Waals surface area contributed by atoms with Gasteiger partial charge < -0.3 is 13.9 Å². The minimum Gasteiger partial charge on any atom is -0.497 e. The zero-order chi connectivity index (χ0) is 21.6. The highest BCUT2D eigenvalue weighted by Gasteiger charge is 2.11. The number of nitriles is 1. The SMILES string of the molecule is COc1ccc(COc2cnc(Nc3ncc(-c4ccc(C)cc4)o3)cc2C#N)cc1. The second-order valence-electron chi connectivity index (χ2n) is 6.83. The van der Waals surface area contributed by atoms with Crippen molar-refractivity contribution in [3.63, 3.8) is 0 Å². The Kier molecular flexibility index (Phi) is 5.81. The fourth-order valence-corrected chi connectivity index (χ4v) is 2.89. The summed E-state index contributed by atoms with van der Waals surface area (Å²) in [6.45, 7) is 2.34. The summed E-state index contributed by atoms with van der Waals surface area (Å²) >= 11 is 0. The molecule has 4 aromatic rings. The minimum absolute atomic E-state index is 0.291. The standard InChI is InChI=1S/C24H20N4O3/c1-16-3-7-18(8-4-16)22-14-27-24(31-22)28-23-11-19(12-25)21(13-26-23)30-15-17-5-9-20(29-2)10-6-17/h3-11,13-14H,15H2,1-2H3,(H,26,27,28). The Morgan fingerprint density at radius 3 is 2.52 bits per heavy atom. The van der Waals surface area contributed by atoms with Crippen molar-refractivity contribution in [2.45, 2.75) is 13.5 Å². The molecule has 0 aliphatic rings. The minimum atomic E-state index is 0.291. The normalized spacial score (nSPS) is 10.4. The lowest BCUT2D eigenvalue weighted by Gasteiger charge is -2.09. The summed E-state index contributed by atoms with van der Waals surface area (Å²) in [6, 6.07) is 19.5. The van der Waals surface area contributed by atoms with Gasteiger partial charge in [-0.2, -0.15) is 5.26 Å². The molecular weight excluding hydrogens is 392 g/mol. The number of pyridine rings is 1. The van der Waals surface area contributed by atoms with E-state index in [2.05, 4.69) is 21.4 Å². The van der Waals surface area contributed by atoms with Crippen LogP contribution in [0, 0.1) is 18.3 Å². The number of benzene rings is 2. The number of methoxy groups -OCH3 is 1. The number of nitrogens with zero attached hydrogens (tertiary/aromatic N) is 3. The van der Waals surface area contributed by atoms with Gasteiger partial charge in [0.15, 0.2) is 11.5 Å². The van der Waals surface area contributed by atoms with Gasteiger partial charge in [-0.25, -0.2) is 9.97 Å². The van der Waals surface area contributed by atoms with Crippen molar-refractivity contribution in [3.05, 3.63) is 83.7 Å². The lowest BCUT2D eigenvalue weighted by molar-refractivity contribution is 0.304. The molecule has 0 amide bonds. The average molecular weight is 412 g/mol. The van der Waals surface area contributed by atoms with Crippen molar-refractivity contribution in [2.75, 3.05) is 12.4 Å². The van der Waals surface area contributed by atoms with Crippen molar-refractivity contribution < 1.29 is 13.9 Å². The fraction of sp³-hybridized carbons (Fsp3) is 0.125. The van der Waals surface area contributed by atoms with Crippen LogP contribution in [0.2, 0.25) is 0 Å². The van der Waals surface area contributed by atoms with Crippen LogP contribution in [0.3, 0.4) is 0 Å². The van der Waals surface area contributed by atoms with Gasteiger partial charge in [-0.1, -0.05) is 42.0 Å². The second-order valence-corrected chi connectivity index (χ2v) is 6.83. The van der Waals surface area contributed by atoms with E-state index < -0.39 is 0 Å². The topological polar surface area (TPSA) is 93.2 Å². The molecule has 4 rings (SSSR count). The van der Waals surface area contributed by atoms with Crippen LogP contribution in [0.15, 0.2) is 71.4 Å². The third-order valence-electron chi connectivity index (χ3n) is 4.62. The smallest absolute Gasteiger partial charge is 0.300 e. The Morgan fingerprint density at radius 1 is 1.03 bits per heavy atom. The van der Waals surface area contributed by atoms with Crippen molar-refractivity contribution in [3.8, 4) is 28.9 Å². The second kappa shape index (κ2) is 9.01. The van der Waals surface area contributed by atoms with E-state index in [-0.39, 0.29) is 0 Å². The van der Waals surface area contributed by atoms with Crippen molar-refractivity contribution in [2.24, 2.45) is 0 Å². The molecule has 0 radical (unpaired) electrons. The Bertz CT molecular complexity index is 1210. The van der Waals surface area contributed by atoms with E-state index in [1.165, 1.54) is 11.8 Å². The number of nitrogens with one attached hydrogen (secondary N) is 1. The molecule has 1 N–H and O–H groups in total. The molecule has 154 valence electrons. The highest BCUT2D eigenvalue weighted by Crippen LogP contribution is 2.26. The van der Waals surface area contributed by atoms with E-state index in [4.69, 9.17) is 13.9 Å². The van der Waals surface area contributed by atoms with Crippen LogP contribution in [-0.2, 0) is 6.61 Å². The number of hydrogen-bond donors (Lipinski definition) is 1. The molecule has 0 aliphatic heterocycles. The molecule has 7 nitrogen and oxygen atoms in total. The van der Waals surface area contributed by atoms with Crippen molar-refractivity contribution in [1.29, 1.82) is 5.26 Å². The van der Waals surface area contributed by atoms with Crippen LogP contribution >= 0.6 is 0 Å². The largest absolute Gasteiger partial charge is 0.497 e. The van der Waals surface area contributed by atoms with Crippen LogP contribution in [0.5, 0.6) is 11.5 Å². The average Bonchev–Trinajstić information content (AvgIpc) is 3.27. The van der Waals surface area contributed by atoms with Gasteiger partial charge in [0.25, 0.3) is 0 Å². The van der Waals surface area contributed by atoms with E-state index in [0.717, 1.165) is 16.9 Å². The van der Waals surface area contributed by atoms with Crippen LogP contribution < -0.4 is 14.8 Å². The highest BCUT2D eigenvalue weighted by atomic mass is 16.5. The zero-order valence-electron chi connectivity index (χ0n) is 17.1. The molecule has 0 atom stereocenters. The molecule has 0 bridgehead atoms. The first kappa shape index (κ1) is 20.0. The number of hydrogen-bond acceptors (Lipinski definition) is 7. The molecule has 7 heteroatoms. The Labute approximate surface area is 179 Å². The van der Waals surface area contributed by atoms with Gasteiger partial charge >= 0.3 is 6.01 Å². The summed E-state index contributed by atoms with van der Waals surface area (Å²) in [5.74, 6) is 2.25. The maximum absolute atomic E-state index is 9.51. The van der Waals surface area contributed by atoms with Crippen molar-refractivity contribution in [1.82, 2.24) is 9.97 Å². The van der Waals surface area contributed by atoms with Gasteiger partial charge in [0, 0.05) is 11.6 Å². The molecule has 0 fully saturated rings. The van der Waals surface area contributed by atoms with Crippen LogP contribution in [0.4, 0.5) is 11.8 Å². The number of ether oxygens (including phenoxy) is 2. The van der Waals surface area contributed by atoms with E-state index in [0.29, 0.717) is 35.5 Å². The summed E-state index contributed by atoms with van der Waals surface area (Å²) in [7, 11) is 1.62. The predicted molar refractivity (Wildman–Crippen MR) is 116 cm³/mol. The highest BCUT2D eigenvalue weighted by molar-refractivity contribution is 5.60. The lowest BCUT2D eigenvalue weighted by Crippen LogP contribution is -2.00. The van der Waals surface area contributed by atoms with Crippen LogP contribution in [-0.4, -0.2) is 17.1 Å². The quantitative estimate of drug-likeness (QED) is 0.443. The molecule has 0 unspecified atom stereocenters. The molecule has 2 aromatic carbocycles. The maximum Gasteiger partial charge on any atom is 0.300 e. The summed E-state index contributed by atoms with van der Waals surface area (Å²) in [5.41, 5.74) is 3.41. The zero-order valence-corrected chi connectivity index (χ0v) is 17.1. The Hall–Kier alpha value is -4.31. The van der Waals surface area contributed by atoms with Gasteiger partial charge in [-0.05, 0) is 24.6 Å². The molecular formula is C24H20N4O3. The summed E-state index contributed by atoms with van der Waals surface area (Å²) in [4.78, 5) is 8.54. The third-order valence-corrected chi connectivity index (χ3v) is 4.62. The van der Waals surface area contributed by atoms with E-state index >= 15 is 0 Å². The lowest BCUT2D eigenvalue weighted by atomic mass is 10.1. The summed E-state index contributed by atoms with van der Waals surface area (Å²) in [6.07, 6.45) is 3.15. The van der Waals surface area contributed by atoms with E-state index in [9.17, 15) is 5.26 Å². The number of aromatic nitrogens is 2. The van der Waals surface area contributed by atoms with E-state index in [1.54, 1.807) is 19.4 Å². The predicted octanol–water partition coefficient (Wildman–Crippen LogP) is 5.25. The molecule has 0 saturated heterocycles. The van der Waals surface area contributed by atoms with Gasteiger partial charge in [-0.15, -0.1) is 0 Å². The van der Waals surface area contributed by atoms with Gasteiger partial charge in [0.05, 0.1) is 25.1 Å². The summed E-state index contributed by atoms with van der Waals surface area (Å²) < 4.78 is 16.7. The number of anilines is 2. The molecule has 0 spiro atoms. The number of rotatable bonds is 7. The van der Waals surface area contributed by atoms with Gasteiger partial charge in [-0.3, -0.25) is 5.32 Å². The van der Waals surface area contributed by atoms with E-state index in [1.807, 2.05) is 55.5 Å². The summed E-state index contributed by atoms with van der Waals surface area (Å²) in [5, 5.41) is 12.5. The molecule has 2 heterocycles. The van der Waals surface area contributed by atoms with Crippen LogP contribution in [0.25, 0.3) is 11.3 Å². The Balaban J connectivity index is 1.44. The van der Waals surface area contributed by atoms with Gasteiger partial charge in [0.2, 0.25) is 0 Å². The number of aryl methyl sites for hydroxylation is 1. The monoisotopic (exact) mass is 412 g/mol. The fourth-order valence-electron chi connectivity index (χ4n) is 2.89. The van der Waals surface area contributed by atoms with Crippen molar-refractivity contribution >= 4 is 11.8 Å². The first-order valence-corrected chi connectivity index (χ1v) is 9.60. The first-order chi connectivity index (χ1) is 15.1. The molecule has 2 aromatic heterocycles. The van der Waals surface area contributed by atoms with Crippen LogP contribution in [0.1, 0.15) is 16.7 Å². The Morgan fingerprint density at radius 2 is 1.81 bits per heavy atom. The molecule has 0 aliphatic carbocycles. The number of oxazole rings is 1. The van der Waals surface area contributed by atoms with Gasteiger partial charge in [0.1, 0.15) is 24.2 Å². The molecule has 31 heavy (non-hydrogen) atoms.